The first-order valence-corrected chi connectivity index (χ1v) is 11.6. The number of allylic oxidation sites excluding steroid dienone is 10. The second-order valence-electron chi connectivity index (χ2n) is 9.26. The summed E-state index contributed by atoms with van der Waals surface area (Å²) in [5, 5.41) is 0. The lowest BCUT2D eigenvalue weighted by molar-refractivity contribution is 0.564. The molecule has 2 unspecified atom stereocenters. The maximum atomic E-state index is 4.30. The Hall–Kier alpha value is -1.50. The molecule has 3 rings (SSSR count). The third kappa shape index (κ3) is 4.24. The molecule has 0 amide bonds. The van der Waals surface area contributed by atoms with Crippen LogP contribution >= 0.6 is 0 Å². The van der Waals surface area contributed by atoms with Crippen LogP contribution in [0, 0.1) is 11.8 Å². The van der Waals surface area contributed by atoms with E-state index in [0.717, 1.165) is 18.8 Å². The number of hydrogen-bond donors (Lipinski definition) is 0. The van der Waals surface area contributed by atoms with Gasteiger partial charge in [0.15, 0.2) is 6.71 Å². The predicted molar refractivity (Wildman–Crippen MR) is 127 cm³/mol. The summed E-state index contributed by atoms with van der Waals surface area (Å²) in [6.45, 7) is 18.6. The molecular formula is C27H39B. The van der Waals surface area contributed by atoms with Crippen LogP contribution in [0.2, 0.25) is 5.82 Å². The third-order valence-electron chi connectivity index (χ3n) is 7.25. The lowest BCUT2D eigenvalue weighted by Gasteiger charge is -2.31. The minimum absolute atomic E-state index is 0.581. The highest BCUT2D eigenvalue weighted by atomic mass is 14.3. The fourth-order valence-electron chi connectivity index (χ4n) is 5.40. The molecule has 3 aliphatic rings. The van der Waals surface area contributed by atoms with Crippen LogP contribution in [0.5, 0.6) is 0 Å². The van der Waals surface area contributed by atoms with Gasteiger partial charge in [0.05, 0.1) is 0 Å². The standard InChI is InChI=1S/C27H39B/c1-8-19(6)27(18(4)5)23-15-24(9-2)28(17-23)26(10-3)22-12-11-20(7)25(16-22)21-13-14-21/h11,15-17,21-22,26H,4,8-10,12-14H2,1-3,5-7H3/b27-19+. The smallest absolute Gasteiger partial charge is 0.102 e. The van der Waals surface area contributed by atoms with Gasteiger partial charge in [-0.2, -0.15) is 0 Å². The zero-order chi connectivity index (χ0) is 20.4. The SMILES string of the molecule is C=C(C)/C(C1=CB(C(CC)C2C=C(C3CC3)C(C)=CC2)C(CC)=C1)=C(/C)CC. The molecule has 1 saturated carbocycles. The summed E-state index contributed by atoms with van der Waals surface area (Å²) in [5.41, 5.74) is 10.3. The molecule has 0 spiro atoms. The first kappa shape index (κ1) is 21.2. The first-order chi connectivity index (χ1) is 13.4. The van der Waals surface area contributed by atoms with Crippen molar-refractivity contribution in [1.82, 2.24) is 0 Å². The fraction of sp³-hybridized carbons (Fsp3) is 0.556. The van der Waals surface area contributed by atoms with Gasteiger partial charge >= 0.3 is 0 Å². The van der Waals surface area contributed by atoms with E-state index in [1.165, 1.54) is 48.0 Å². The van der Waals surface area contributed by atoms with Crippen LogP contribution in [0.3, 0.4) is 0 Å². The Kier molecular flexibility index (Phi) is 6.74. The summed E-state index contributed by atoms with van der Waals surface area (Å²) in [6, 6.07) is 0. The summed E-state index contributed by atoms with van der Waals surface area (Å²) < 4.78 is 0. The summed E-state index contributed by atoms with van der Waals surface area (Å²) in [6.07, 6.45) is 15.2. The second kappa shape index (κ2) is 8.89. The van der Waals surface area contributed by atoms with Crippen LogP contribution in [-0.4, -0.2) is 6.71 Å². The Morgan fingerprint density at radius 3 is 2.46 bits per heavy atom. The van der Waals surface area contributed by atoms with Crippen LogP contribution < -0.4 is 0 Å². The largest absolute Gasteiger partial charge is 0.200 e. The van der Waals surface area contributed by atoms with Crippen LogP contribution in [0.4, 0.5) is 0 Å². The highest BCUT2D eigenvalue weighted by Crippen LogP contribution is 2.47. The number of hydrogen-bond acceptors (Lipinski definition) is 0. The first-order valence-electron chi connectivity index (χ1n) is 11.6. The lowest BCUT2D eigenvalue weighted by Crippen LogP contribution is -2.26. The van der Waals surface area contributed by atoms with E-state index in [9.17, 15) is 0 Å². The van der Waals surface area contributed by atoms with Crippen molar-refractivity contribution in [2.24, 2.45) is 11.8 Å². The minimum atomic E-state index is 0.581. The van der Waals surface area contributed by atoms with Gasteiger partial charge < -0.3 is 0 Å². The molecule has 0 aromatic rings. The van der Waals surface area contributed by atoms with Gasteiger partial charge in [-0.1, -0.05) is 74.2 Å². The maximum Gasteiger partial charge on any atom is 0.200 e. The van der Waals surface area contributed by atoms with E-state index < -0.39 is 0 Å². The summed E-state index contributed by atoms with van der Waals surface area (Å²) >= 11 is 0. The highest BCUT2D eigenvalue weighted by molar-refractivity contribution is 6.74. The molecule has 0 aromatic carbocycles. The van der Waals surface area contributed by atoms with Crippen LogP contribution in [0.1, 0.15) is 80.1 Å². The highest BCUT2D eigenvalue weighted by Gasteiger charge is 2.36. The molecule has 0 radical (unpaired) electrons. The Labute approximate surface area is 174 Å². The zero-order valence-corrected chi connectivity index (χ0v) is 19.1. The molecule has 150 valence electrons. The normalized spacial score (nSPS) is 24.2. The monoisotopic (exact) mass is 374 g/mol. The van der Waals surface area contributed by atoms with Crippen molar-refractivity contribution in [3.63, 3.8) is 0 Å². The Balaban J connectivity index is 1.93. The Morgan fingerprint density at radius 1 is 1.21 bits per heavy atom. The Morgan fingerprint density at radius 2 is 1.93 bits per heavy atom. The molecule has 0 nitrogen and oxygen atoms in total. The van der Waals surface area contributed by atoms with Crippen LogP contribution in [0.25, 0.3) is 0 Å². The fourth-order valence-corrected chi connectivity index (χ4v) is 5.40. The average Bonchev–Trinajstić information content (AvgIpc) is 3.44. The third-order valence-corrected chi connectivity index (χ3v) is 7.25. The number of rotatable bonds is 8. The zero-order valence-electron chi connectivity index (χ0n) is 19.1. The summed E-state index contributed by atoms with van der Waals surface area (Å²) in [5.74, 6) is 4.84. The average molecular weight is 374 g/mol. The van der Waals surface area contributed by atoms with Gasteiger partial charge in [-0.15, -0.1) is 5.98 Å². The molecule has 1 heteroatoms. The molecule has 0 bridgehead atoms. The molecule has 0 N–H and O–H groups in total. The van der Waals surface area contributed by atoms with E-state index in [4.69, 9.17) is 0 Å². The van der Waals surface area contributed by atoms with E-state index in [-0.39, 0.29) is 0 Å². The predicted octanol–water partition coefficient (Wildman–Crippen LogP) is 8.22. The van der Waals surface area contributed by atoms with Gasteiger partial charge in [0.1, 0.15) is 0 Å². The van der Waals surface area contributed by atoms with Crippen molar-refractivity contribution < 1.29 is 0 Å². The van der Waals surface area contributed by atoms with Gasteiger partial charge in [0.2, 0.25) is 0 Å². The molecule has 1 aliphatic heterocycles. The van der Waals surface area contributed by atoms with E-state index in [0.29, 0.717) is 18.4 Å². The molecular weight excluding hydrogens is 335 g/mol. The summed E-state index contributed by atoms with van der Waals surface area (Å²) in [7, 11) is 0. The lowest BCUT2D eigenvalue weighted by atomic mass is 9.34. The van der Waals surface area contributed by atoms with Crippen molar-refractivity contribution in [2.75, 3.05) is 0 Å². The van der Waals surface area contributed by atoms with E-state index >= 15 is 0 Å². The van der Waals surface area contributed by atoms with Gasteiger partial charge in [-0.3, -0.25) is 0 Å². The van der Waals surface area contributed by atoms with Gasteiger partial charge in [-0.05, 0) is 87.2 Å². The van der Waals surface area contributed by atoms with Crippen molar-refractivity contribution >= 4 is 6.71 Å². The molecule has 0 saturated heterocycles. The van der Waals surface area contributed by atoms with Gasteiger partial charge in [0.25, 0.3) is 0 Å². The topological polar surface area (TPSA) is 0 Å². The van der Waals surface area contributed by atoms with Crippen molar-refractivity contribution in [3.8, 4) is 0 Å². The van der Waals surface area contributed by atoms with Crippen molar-refractivity contribution in [1.29, 1.82) is 0 Å². The van der Waals surface area contributed by atoms with E-state index in [1.54, 1.807) is 16.6 Å². The summed E-state index contributed by atoms with van der Waals surface area (Å²) in [4.78, 5) is 0. The molecule has 0 aromatic heterocycles. The molecule has 28 heavy (non-hydrogen) atoms. The van der Waals surface area contributed by atoms with Gasteiger partial charge in [-0.25, -0.2) is 0 Å². The van der Waals surface area contributed by atoms with E-state index in [2.05, 4.69) is 72.3 Å². The molecule has 1 fully saturated rings. The van der Waals surface area contributed by atoms with Crippen molar-refractivity contribution in [3.05, 3.63) is 69.7 Å². The molecule has 1 heterocycles. The second-order valence-corrected chi connectivity index (χ2v) is 9.26. The molecule has 2 aliphatic carbocycles. The maximum absolute atomic E-state index is 4.30. The van der Waals surface area contributed by atoms with E-state index in [1.807, 2.05) is 0 Å². The minimum Gasteiger partial charge on any atom is -0.102 e. The Bertz CT molecular complexity index is 779. The van der Waals surface area contributed by atoms with Gasteiger partial charge in [0, 0.05) is 0 Å². The molecule has 2 atom stereocenters. The van der Waals surface area contributed by atoms with Crippen molar-refractivity contribution in [2.45, 2.75) is 85.9 Å². The quantitative estimate of drug-likeness (QED) is 0.296. The van der Waals surface area contributed by atoms with Crippen LogP contribution in [-0.2, 0) is 0 Å². The van der Waals surface area contributed by atoms with Crippen LogP contribution in [0.15, 0.2) is 69.7 Å².